The van der Waals surface area contributed by atoms with E-state index in [1.165, 1.54) is 32.0 Å². The van der Waals surface area contributed by atoms with Crippen molar-refractivity contribution in [1.82, 2.24) is 5.32 Å². The topological polar surface area (TPSA) is 71.9 Å². The van der Waals surface area contributed by atoms with Crippen LogP contribution in [0.15, 0.2) is 45.3 Å². The summed E-state index contributed by atoms with van der Waals surface area (Å²) in [5.74, 6) is -0.674. The lowest BCUT2D eigenvalue weighted by atomic mass is 10.1. The van der Waals surface area contributed by atoms with E-state index in [9.17, 15) is 9.18 Å². The Labute approximate surface area is 178 Å². The molecule has 2 aromatic rings. The number of carbonyl (C=O) groups is 1. The first-order valence-electron chi connectivity index (χ1n) is 8.78. The minimum atomic E-state index is -0.470. The van der Waals surface area contributed by atoms with Crippen molar-refractivity contribution in [2.45, 2.75) is 16.7 Å². The minimum absolute atomic E-state index is 0.117. The summed E-state index contributed by atoms with van der Waals surface area (Å²) >= 11 is 3.10. The van der Waals surface area contributed by atoms with Crippen LogP contribution in [0.3, 0.4) is 0 Å². The molecule has 0 aliphatic heterocycles. The number of benzene rings is 2. The Morgan fingerprint density at radius 3 is 2.52 bits per heavy atom. The fourth-order valence-electron chi connectivity index (χ4n) is 2.67. The molecule has 0 fully saturated rings. The monoisotopic (exact) mass is 437 g/mol. The van der Waals surface area contributed by atoms with Gasteiger partial charge in [0.05, 0.1) is 12.3 Å². The van der Waals surface area contributed by atoms with Crippen molar-refractivity contribution in [2.24, 2.45) is 5.16 Å². The summed E-state index contributed by atoms with van der Waals surface area (Å²) in [7, 11) is 2.90. The molecule has 0 saturated carbocycles. The number of hydrogen-bond acceptors (Lipinski definition) is 7. The van der Waals surface area contributed by atoms with Gasteiger partial charge < -0.3 is 20.2 Å². The van der Waals surface area contributed by atoms with Gasteiger partial charge in [0.1, 0.15) is 7.11 Å². The quantitative estimate of drug-likeness (QED) is 0.342. The maximum Gasteiger partial charge on any atom is 0.273 e. The zero-order valence-corrected chi connectivity index (χ0v) is 18.6. The van der Waals surface area contributed by atoms with Gasteiger partial charge in [0, 0.05) is 34.2 Å². The van der Waals surface area contributed by atoms with E-state index >= 15 is 0 Å². The average Bonchev–Trinajstić information content (AvgIpc) is 2.73. The second-order valence-corrected chi connectivity index (χ2v) is 7.29. The smallest absolute Gasteiger partial charge is 0.273 e. The summed E-state index contributed by atoms with van der Waals surface area (Å²) in [5.41, 5.74) is 1.83. The number of nitrogens with zero attached hydrogens (tertiary/aromatic N) is 1. The number of oxime groups is 1. The molecular weight excluding hydrogens is 413 g/mol. The summed E-state index contributed by atoms with van der Waals surface area (Å²) in [5, 5.41) is 9.73. The van der Waals surface area contributed by atoms with Gasteiger partial charge in [-0.05, 0) is 43.7 Å². The van der Waals surface area contributed by atoms with E-state index in [0.29, 0.717) is 23.5 Å². The SMILES string of the molecule is CCOc1ccc(Nc2c(C(=NOC)C(=O)NC)ccc(SC)c2SC)cc1F. The molecule has 29 heavy (non-hydrogen) atoms. The van der Waals surface area contributed by atoms with Crippen molar-refractivity contribution >= 4 is 46.5 Å². The van der Waals surface area contributed by atoms with Crippen LogP contribution in [-0.4, -0.2) is 44.9 Å². The molecule has 0 aliphatic carbocycles. The lowest BCUT2D eigenvalue weighted by Gasteiger charge is -2.19. The number of carbonyl (C=O) groups excluding carboxylic acids is 1. The van der Waals surface area contributed by atoms with E-state index in [0.717, 1.165) is 9.79 Å². The molecule has 0 aliphatic rings. The first-order valence-corrected chi connectivity index (χ1v) is 11.2. The van der Waals surface area contributed by atoms with Crippen LogP contribution in [-0.2, 0) is 9.63 Å². The van der Waals surface area contributed by atoms with Crippen molar-refractivity contribution in [1.29, 1.82) is 0 Å². The fraction of sp³-hybridized carbons (Fsp3) is 0.300. The van der Waals surface area contributed by atoms with E-state index in [1.807, 2.05) is 18.6 Å². The Balaban J connectivity index is 2.62. The minimum Gasteiger partial charge on any atom is -0.491 e. The molecule has 0 spiro atoms. The predicted molar refractivity (Wildman–Crippen MR) is 118 cm³/mol. The van der Waals surface area contributed by atoms with Crippen molar-refractivity contribution in [3.63, 3.8) is 0 Å². The molecule has 0 bridgehead atoms. The largest absolute Gasteiger partial charge is 0.491 e. The van der Waals surface area contributed by atoms with E-state index < -0.39 is 11.7 Å². The highest BCUT2D eigenvalue weighted by atomic mass is 32.2. The third-order valence-corrected chi connectivity index (χ3v) is 5.67. The highest BCUT2D eigenvalue weighted by molar-refractivity contribution is 8.01. The molecule has 6 nitrogen and oxygen atoms in total. The third kappa shape index (κ3) is 5.36. The van der Waals surface area contributed by atoms with Gasteiger partial charge in [-0.1, -0.05) is 5.16 Å². The van der Waals surface area contributed by atoms with Crippen LogP contribution < -0.4 is 15.4 Å². The number of rotatable bonds is 9. The molecule has 2 N–H and O–H groups in total. The van der Waals surface area contributed by atoms with Crippen LogP contribution >= 0.6 is 23.5 Å². The molecule has 9 heteroatoms. The maximum atomic E-state index is 14.3. The normalized spacial score (nSPS) is 11.2. The van der Waals surface area contributed by atoms with Crippen molar-refractivity contribution < 1.29 is 18.8 Å². The zero-order valence-electron chi connectivity index (χ0n) is 17.0. The first-order chi connectivity index (χ1) is 14.0. The lowest BCUT2D eigenvalue weighted by molar-refractivity contribution is -0.114. The number of thioether (sulfide) groups is 2. The second-order valence-electron chi connectivity index (χ2n) is 5.63. The Morgan fingerprint density at radius 1 is 1.21 bits per heavy atom. The number of hydrogen-bond donors (Lipinski definition) is 2. The summed E-state index contributed by atoms with van der Waals surface area (Å²) in [6, 6.07) is 8.37. The van der Waals surface area contributed by atoms with Crippen LogP contribution in [0.5, 0.6) is 5.75 Å². The van der Waals surface area contributed by atoms with Gasteiger partial charge in [0.2, 0.25) is 0 Å². The zero-order chi connectivity index (χ0) is 21.4. The van der Waals surface area contributed by atoms with Gasteiger partial charge in [-0.15, -0.1) is 23.5 Å². The van der Waals surface area contributed by atoms with E-state index in [1.54, 1.807) is 36.9 Å². The molecule has 2 rings (SSSR count). The van der Waals surface area contributed by atoms with E-state index in [2.05, 4.69) is 15.8 Å². The van der Waals surface area contributed by atoms with Crippen LogP contribution in [0.2, 0.25) is 0 Å². The average molecular weight is 438 g/mol. The molecule has 0 radical (unpaired) electrons. The highest BCUT2D eigenvalue weighted by Crippen LogP contribution is 2.39. The number of nitrogens with one attached hydrogen (secondary N) is 2. The standard InChI is InChI=1S/C20H24FN3O3S2/c1-6-27-15-9-7-12(11-14(15)21)23-17-13(18(24-26-3)20(25)22-2)8-10-16(28-4)19(17)29-5/h7-11,23H,6H2,1-5H3,(H,22,25). The van der Waals surface area contributed by atoms with Crippen LogP contribution in [0.1, 0.15) is 12.5 Å². The van der Waals surface area contributed by atoms with E-state index in [4.69, 9.17) is 9.57 Å². The Morgan fingerprint density at radius 2 is 1.97 bits per heavy atom. The van der Waals surface area contributed by atoms with Gasteiger partial charge in [0.15, 0.2) is 17.3 Å². The molecule has 156 valence electrons. The Kier molecular flexibility index (Phi) is 8.66. The van der Waals surface area contributed by atoms with Gasteiger partial charge >= 0.3 is 0 Å². The third-order valence-electron chi connectivity index (χ3n) is 3.93. The van der Waals surface area contributed by atoms with Crippen molar-refractivity contribution in [3.05, 3.63) is 41.7 Å². The number of halogens is 1. The van der Waals surface area contributed by atoms with Crippen molar-refractivity contribution in [2.75, 3.05) is 38.6 Å². The number of likely N-dealkylation sites (N-methyl/N-ethyl adjacent to an activating group) is 1. The van der Waals surface area contributed by atoms with Crippen LogP contribution in [0, 0.1) is 5.82 Å². The molecule has 0 heterocycles. The molecular formula is C20H24FN3O3S2. The number of ether oxygens (including phenoxy) is 1. The molecule has 1 amide bonds. The Bertz CT molecular complexity index is 907. The summed E-state index contributed by atoms with van der Waals surface area (Å²) < 4.78 is 19.6. The van der Waals surface area contributed by atoms with Crippen LogP contribution in [0.4, 0.5) is 15.8 Å². The molecule has 0 atom stereocenters. The van der Waals surface area contributed by atoms with Gasteiger partial charge in [-0.2, -0.15) is 0 Å². The highest BCUT2D eigenvalue weighted by Gasteiger charge is 2.22. The Hall–Kier alpha value is -2.39. The van der Waals surface area contributed by atoms with Crippen LogP contribution in [0.25, 0.3) is 0 Å². The predicted octanol–water partition coefficient (Wildman–Crippen LogP) is 4.51. The summed E-state index contributed by atoms with van der Waals surface area (Å²) in [6.45, 7) is 2.18. The molecule has 2 aromatic carbocycles. The molecule has 0 aromatic heterocycles. The lowest BCUT2D eigenvalue weighted by Crippen LogP contribution is -2.29. The van der Waals surface area contributed by atoms with Gasteiger partial charge in [-0.3, -0.25) is 4.79 Å². The summed E-state index contributed by atoms with van der Waals surface area (Å²) in [4.78, 5) is 19.2. The van der Waals surface area contributed by atoms with E-state index in [-0.39, 0.29) is 11.5 Å². The maximum absolute atomic E-state index is 14.3. The van der Waals surface area contributed by atoms with Gasteiger partial charge in [-0.25, -0.2) is 4.39 Å². The number of anilines is 2. The molecule has 0 unspecified atom stereocenters. The number of amides is 1. The summed E-state index contributed by atoms with van der Waals surface area (Å²) in [6.07, 6.45) is 3.91. The first kappa shape index (κ1) is 22.9. The van der Waals surface area contributed by atoms with Gasteiger partial charge in [0.25, 0.3) is 5.91 Å². The fourth-order valence-corrected chi connectivity index (χ4v) is 4.29. The second kappa shape index (κ2) is 11.0. The molecule has 0 saturated heterocycles. The van der Waals surface area contributed by atoms with Crippen molar-refractivity contribution in [3.8, 4) is 5.75 Å².